The first-order valence-electron chi connectivity index (χ1n) is 3.75. The summed E-state index contributed by atoms with van der Waals surface area (Å²) < 4.78 is 18.0. The zero-order chi connectivity index (χ0) is 10.9. The lowest BCUT2D eigenvalue weighted by Crippen LogP contribution is -2.02. The maximum absolute atomic E-state index is 13.3. The lowest BCUT2D eigenvalue weighted by atomic mass is 10.1. The molecule has 1 rings (SSSR count). The van der Waals surface area contributed by atoms with Gasteiger partial charge in [-0.3, -0.25) is 4.79 Å². The van der Waals surface area contributed by atoms with Crippen molar-refractivity contribution in [1.82, 2.24) is 0 Å². The summed E-state index contributed by atoms with van der Waals surface area (Å²) in [7, 11) is 1.23. The van der Waals surface area contributed by atoms with E-state index in [1.165, 1.54) is 7.11 Å². The highest BCUT2D eigenvalue weighted by Crippen LogP contribution is 2.36. The molecule has 0 aliphatic carbocycles. The van der Waals surface area contributed by atoms with E-state index < -0.39 is 11.6 Å². The molecule has 0 spiro atoms. The lowest BCUT2D eigenvalue weighted by molar-refractivity contribution is 0.101. The van der Waals surface area contributed by atoms with Crippen molar-refractivity contribution in [3.05, 3.63) is 22.5 Å². The van der Waals surface area contributed by atoms with Crippen LogP contribution in [0.25, 0.3) is 0 Å². The molecule has 1 aromatic carbocycles. The van der Waals surface area contributed by atoms with Crippen LogP contribution in [-0.2, 0) is 0 Å². The number of ether oxygens (including phenoxy) is 1. The van der Waals surface area contributed by atoms with Crippen LogP contribution in [0.5, 0.6) is 11.5 Å². The second kappa shape index (κ2) is 3.84. The quantitative estimate of drug-likeness (QED) is 0.776. The summed E-state index contributed by atoms with van der Waals surface area (Å²) >= 11 is 5.45. The third-order valence-electron chi connectivity index (χ3n) is 1.71. The number of Topliss-reactive ketones (excluding diaryl/α,β-unsaturated/α-hetero) is 1. The molecule has 3 nitrogen and oxygen atoms in total. The standard InChI is InChI=1S/C9H8ClFO3/c1-4(12)7-8(11)5(10)3-6(13)9(7)14-2/h3,13H,1-2H3. The number of hydrogen-bond acceptors (Lipinski definition) is 3. The van der Waals surface area contributed by atoms with E-state index in [4.69, 9.17) is 16.3 Å². The van der Waals surface area contributed by atoms with E-state index in [0.717, 1.165) is 13.0 Å². The summed E-state index contributed by atoms with van der Waals surface area (Å²) in [5.74, 6) is -1.99. The monoisotopic (exact) mass is 218 g/mol. The summed E-state index contributed by atoms with van der Waals surface area (Å²) in [5, 5.41) is 9.01. The van der Waals surface area contributed by atoms with Gasteiger partial charge in [0, 0.05) is 6.07 Å². The molecular weight excluding hydrogens is 211 g/mol. The molecule has 0 aliphatic heterocycles. The van der Waals surface area contributed by atoms with Crippen LogP contribution in [0.4, 0.5) is 4.39 Å². The minimum Gasteiger partial charge on any atom is -0.504 e. The first-order valence-corrected chi connectivity index (χ1v) is 4.12. The van der Waals surface area contributed by atoms with Crippen molar-refractivity contribution in [2.75, 3.05) is 7.11 Å². The minimum atomic E-state index is -0.881. The zero-order valence-corrected chi connectivity index (χ0v) is 8.35. The Morgan fingerprint density at radius 3 is 2.64 bits per heavy atom. The van der Waals surface area contributed by atoms with E-state index in [1.54, 1.807) is 0 Å². The van der Waals surface area contributed by atoms with Gasteiger partial charge in [-0.1, -0.05) is 11.6 Å². The second-order valence-electron chi connectivity index (χ2n) is 2.66. The van der Waals surface area contributed by atoms with E-state index in [1.807, 2.05) is 0 Å². The Hall–Kier alpha value is -1.29. The summed E-state index contributed by atoms with van der Waals surface area (Å²) in [4.78, 5) is 11.1. The van der Waals surface area contributed by atoms with Crippen LogP contribution in [0, 0.1) is 5.82 Å². The summed E-state index contributed by atoms with van der Waals surface area (Å²) in [6, 6.07) is 0.988. The number of phenolic OH excluding ortho intramolecular Hbond substituents is 1. The molecular formula is C9H8ClFO3. The highest BCUT2D eigenvalue weighted by molar-refractivity contribution is 6.31. The number of phenols is 1. The smallest absolute Gasteiger partial charge is 0.174 e. The summed E-state index contributed by atoms with van der Waals surface area (Å²) in [6.07, 6.45) is 0. The largest absolute Gasteiger partial charge is 0.504 e. The fourth-order valence-electron chi connectivity index (χ4n) is 1.12. The molecule has 0 aliphatic rings. The van der Waals surface area contributed by atoms with Crippen molar-refractivity contribution >= 4 is 17.4 Å². The maximum atomic E-state index is 13.3. The lowest BCUT2D eigenvalue weighted by Gasteiger charge is -2.09. The Morgan fingerprint density at radius 1 is 1.64 bits per heavy atom. The number of aromatic hydroxyl groups is 1. The van der Waals surface area contributed by atoms with Gasteiger partial charge in [0.25, 0.3) is 0 Å². The Balaban J connectivity index is 3.56. The molecule has 0 bridgehead atoms. The fraction of sp³-hybridized carbons (Fsp3) is 0.222. The molecule has 0 saturated heterocycles. The number of carbonyl (C=O) groups excluding carboxylic acids is 1. The third-order valence-corrected chi connectivity index (χ3v) is 1.98. The Morgan fingerprint density at radius 2 is 2.21 bits per heavy atom. The molecule has 0 atom stereocenters. The number of benzene rings is 1. The molecule has 1 N–H and O–H groups in total. The zero-order valence-electron chi connectivity index (χ0n) is 7.60. The average molecular weight is 219 g/mol. The highest BCUT2D eigenvalue weighted by Gasteiger charge is 2.21. The van der Waals surface area contributed by atoms with Gasteiger partial charge in [-0.25, -0.2) is 4.39 Å². The molecule has 1 aromatic rings. The normalized spacial score (nSPS) is 10.0. The van der Waals surface area contributed by atoms with E-state index >= 15 is 0 Å². The first-order chi connectivity index (χ1) is 6.49. The van der Waals surface area contributed by atoms with Crippen LogP contribution >= 0.6 is 11.6 Å². The van der Waals surface area contributed by atoms with Gasteiger partial charge < -0.3 is 9.84 Å². The van der Waals surface area contributed by atoms with E-state index in [2.05, 4.69) is 0 Å². The maximum Gasteiger partial charge on any atom is 0.174 e. The van der Waals surface area contributed by atoms with Crippen LogP contribution < -0.4 is 4.74 Å². The van der Waals surface area contributed by atoms with Gasteiger partial charge >= 0.3 is 0 Å². The van der Waals surface area contributed by atoms with E-state index in [-0.39, 0.29) is 22.1 Å². The molecule has 0 unspecified atom stereocenters. The van der Waals surface area contributed by atoms with Gasteiger partial charge in [-0.2, -0.15) is 0 Å². The molecule has 0 amide bonds. The number of methoxy groups -OCH3 is 1. The van der Waals surface area contributed by atoms with Crippen molar-refractivity contribution in [1.29, 1.82) is 0 Å². The van der Waals surface area contributed by atoms with Crippen molar-refractivity contribution in [3.8, 4) is 11.5 Å². The Bertz CT molecular complexity index is 390. The molecule has 0 radical (unpaired) electrons. The minimum absolute atomic E-state index is 0.195. The summed E-state index contributed by atoms with van der Waals surface area (Å²) in [5.41, 5.74) is -0.336. The van der Waals surface area contributed by atoms with E-state index in [9.17, 15) is 14.3 Å². The van der Waals surface area contributed by atoms with Gasteiger partial charge in [0.15, 0.2) is 23.1 Å². The number of halogens is 2. The van der Waals surface area contributed by atoms with Crippen molar-refractivity contribution in [2.45, 2.75) is 6.92 Å². The van der Waals surface area contributed by atoms with Crippen LogP contribution in [0.3, 0.4) is 0 Å². The molecule has 5 heteroatoms. The predicted molar refractivity (Wildman–Crippen MR) is 49.6 cm³/mol. The van der Waals surface area contributed by atoms with Gasteiger partial charge in [-0.05, 0) is 6.92 Å². The highest BCUT2D eigenvalue weighted by atomic mass is 35.5. The molecule has 0 aromatic heterocycles. The molecule has 76 valence electrons. The Labute approximate surface area is 85.1 Å². The van der Waals surface area contributed by atoms with Crippen LogP contribution in [0.2, 0.25) is 5.02 Å². The topological polar surface area (TPSA) is 46.5 Å². The number of ketones is 1. The second-order valence-corrected chi connectivity index (χ2v) is 3.06. The van der Waals surface area contributed by atoms with Crippen LogP contribution in [0.15, 0.2) is 6.07 Å². The van der Waals surface area contributed by atoms with Crippen molar-refractivity contribution in [2.24, 2.45) is 0 Å². The van der Waals surface area contributed by atoms with Crippen LogP contribution in [-0.4, -0.2) is 18.0 Å². The summed E-state index contributed by atoms with van der Waals surface area (Å²) in [6.45, 7) is 1.16. The Kier molecular flexibility index (Phi) is 2.96. The number of hydrogen-bond donors (Lipinski definition) is 1. The van der Waals surface area contributed by atoms with Gasteiger partial charge in [0.2, 0.25) is 0 Å². The first kappa shape index (κ1) is 10.8. The fourth-order valence-corrected chi connectivity index (χ4v) is 1.32. The molecule has 14 heavy (non-hydrogen) atoms. The van der Waals surface area contributed by atoms with Gasteiger partial charge in [-0.15, -0.1) is 0 Å². The number of rotatable bonds is 2. The molecule has 0 fully saturated rings. The SMILES string of the molecule is COc1c(O)cc(Cl)c(F)c1C(C)=O. The molecule has 0 saturated carbocycles. The van der Waals surface area contributed by atoms with Crippen LogP contribution in [0.1, 0.15) is 17.3 Å². The van der Waals surface area contributed by atoms with Crippen molar-refractivity contribution in [3.63, 3.8) is 0 Å². The third kappa shape index (κ3) is 1.65. The van der Waals surface area contributed by atoms with Gasteiger partial charge in [0.05, 0.1) is 12.1 Å². The van der Waals surface area contributed by atoms with Gasteiger partial charge in [0.1, 0.15) is 5.56 Å². The molecule has 0 heterocycles. The number of carbonyl (C=O) groups is 1. The average Bonchev–Trinajstić information content (AvgIpc) is 2.10. The van der Waals surface area contributed by atoms with E-state index in [0.29, 0.717) is 0 Å². The van der Waals surface area contributed by atoms with Crippen molar-refractivity contribution < 1.29 is 19.0 Å². The predicted octanol–water partition coefficient (Wildman–Crippen LogP) is 2.40.